The quantitative estimate of drug-likeness (QED) is 0.698. The van der Waals surface area contributed by atoms with Gasteiger partial charge in [0.15, 0.2) is 0 Å². The minimum absolute atomic E-state index is 0.298. The van der Waals surface area contributed by atoms with Gasteiger partial charge in [0.2, 0.25) is 0 Å². The topological polar surface area (TPSA) is 73.9 Å². The number of hydrogen-bond donors (Lipinski definition) is 1. The highest BCUT2D eigenvalue weighted by Gasteiger charge is 2.25. The number of methoxy groups -OCH3 is 1. The van der Waals surface area contributed by atoms with E-state index in [2.05, 4.69) is 5.32 Å². The molecule has 1 aromatic carbocycles. The van der Waals surface area contributed by atoms with Crippen LogP contribution in [0.5, 0.6) is 5.75 Å². The van der Waals surface area contributed by atoms with Gasteiger partial charge in [-0.1, -0.05) is 12.1 Å². The molecule has 6 nitrogen and oxygen atoms in total. The molecular weight excluding hydrogens is 298 g/mol. The van der Waals surface area contributed by atoms with Gasteiger partial charge >= 0.3 is 11.9 Å². The lowest BCUT2D eigenvalue weighted by atomic mass is 10.0. The molecule has 128 valence electrons. The molecule has 2 atom stereocenters. The van der Waals surface area contributed by atoms with Gasteiger partial charge in [0.05, 0.1) is 20.3 Å². The monoisotopic (exact) mass is 323 g/mol. The van der Waals surface area contributed by atoms with E-state index in [1.165, 1.54) is 7.11 Å². The lowest BCUT2D eigenvalue weighted by Gasteiger charge is -2.20. The normalized spacial score (nSPS) is 13.0. The average molecular weight is 323 g/mol. The SMILES string of the molecule is CCOC(=O)C(C)NC(Cc1ccc(OCC)cc1)C(=O)OC. The molecule has 0 aliphatic rings. The van der Waals surface area contributed by atoms with Crippen LogP contribution in [0.3, 0.4) is 0 Å². The lowest BCUT2D eigenvalue weighted by molar-refractivity contribution is -0.147. The molecule has 6 heteroatoms. The van der Waals surface area contributed by atoms with Crippen molar-refractivity contribution in [2.24, 2.45) is 0 Å². The first-order valence-electron chi connectivity index (χ1n) is 7.74. The Kier molecular flexibility index (Phi) is 8.11. The number of nitrogens with one attached hydrogen (secondary N) is 1. The zero-order valence-corrected chi connectivity index (χ0v) is 14.1. The fraction of sp³-hybridized carbons (Fsp3) is 0.529. The van der Waals surface area contributed by atoms with Crippen molar-refractivity contribution in [3.63, 3.8) is 0 Å². The molecule has 0 saturated heterocycles. The maximum absolute atomic E-state index is 11.9. The number of ether oxygens (including phenoxy) is 3. The summed E-state index contributed by atoms with van der Waals surface area (Å²) in [6.07, 6.45) is 0.406. The number of hydrogen-bond acceptors (Lipinski definition) is 6. The summed E-state index contributed by atoms with van der Waals surface area (Å²) in [6, 6.07) is 6.25. The summed E-state index contributed by atoms with van der Waals surface area (Å²) in [5.74, 6) is -0.0400. The van der Waals surface area contributed by atoms with Gasteiger partial charge in [-0.25, -0.2) is 0 Å². The van der Waals surface area contributed by atoms with Crippen LogP contribution in [-0.2, 0) is 25.5 Å². The summed E-state index contributed by atoms with van der Waals surface area (Å²) in [4.78, 5) is 23.6. The van der Waals surface area contributed by atoms with Crippen LogP contribution in [0.2, 0.25) is 0 Å². The van der Waals surface area contributed by atoms with E-state index in [4.69, 9.17) is 14.2 Å². The van der Waals surface area contributed by atoms with E-state index >= 15 is 0 Å². The van der Waals surface area contributed by atoms with E-state index in [9.17, 15) is 9.59 Å². The molecule has 0 aliphatic carbocycles. The predicted molar refractivity (Wildman–Crippen MR) is 86.3 cm³/mol. The Morgan fingerprint density at radius 1 is 1.09 bits per heavy atom. The van der Waals surface area contributed by atoms with Crippen molar-refractivity contribution in [2.75, 3.05) is 20.3 Å². The minimum Gasteiger partial charge on any atom is -0.494 e. The molecule has 0 heterocycles. The Morgan fingerprint density at radius 3 is 2.26 bits per heavy atom. The summed E-state index contributed by atoms with van der Waals surface area (Å²) in [6.45, 7) is 6.21. The lowest BCUT2D eigenvalue weighted by Crippen LogP contribution is -2.47. The molecular formula is C17H25NO5. The third-order valence-electron chi connectivity index (χ3n) is 3.25. The number of carbonyl (C=O) groups is 2. The van der Waals surface area contributed by atoms with Crippen molar-refractivity contribution < 1.29 is 23.8 Å². The molecule has 0 fully saturated rings. The van der Waals surface area contributed by atoms with Gasteiger partial charge in [0, 0.05) is 0 Å². The van der Waals surface area contributed by atoms with Crippen molar-refractivity contribution in [1.82, 2.24) is 5.32 Å². The molecule has 2 unspecified atom stereocenters. The molecule has 0 bridgehead atoms. The van der Waals surface area contributed by atoms with E-state index in [0.29, 0.717) is 19.6 Å². The van der Waals surface area contributed by atoms with Gasteiger partial charge in [-0.05, 0) is 44.9 Å². The van der Waals surface area contributed by atoms with Crippen molar-refractivity contribution in [1.29, 1.82) is 0 Å². The van der Waals surface area contributed by atoms with Crippen LogP contribution in [-0.4, -0.2) is 44.3 Å². The molecule has 0 amide bonds. The highest BCUT2D eigenvalue weighted by molar-refractivity contribution is 5.79. The Balaban J connectivity index is 2.74. The molecule has 0 spiro atoms. The van der Waals surface area contributed by atoms with Crippen molar-refractivity contribution in [3.05, 3.63) is 29.8 Å². The summed E-state index contributed by atoms with van der Waals surface area (Å²) < 4.78 is 15.1. The van der Waals surface area contributed by atoms with E-state index in [-0.39, 0.29) is 0 Å². The van der Waals surface area contributed by atoms with Crippen LogP contribution in [0.1, 0.15) is 26.3 Å². The molecule has 23 heavy (non-hydrogen) atoms. The van der Waals surface area contributed by atoms with Crippen molar-refractivity contribution in [2.45, 2.75) is 39.3 Å². The molecule has 1 rings (SSSR count). The van der Waals surface area contributed by atoms with Gasteiger partial charge < -0.3 is 14.2 Å². The second kappa shape index (κ2) is 9.84. The van der Waals surface area contributed by atoms with Crippen LogP contribution in [0.4, 0.5) is 0 Å². The van der Waals surface area contributed by atoms with E-state index in [1.54, 1.807) is 13.8 Å². The first-order valence-corrected chi connectivity index (χ1v) is 7.74. The second-order valence-corrected chi connectivity index (χ2v) is 5.00. The summed E-state index contributed by atoms with van der Waals surface area (Å²) >= 11 is 0. The second-order valence-electron chi connectivity index (χ2n) is 5.00. The summed E-state index contributed by atoms with van der Waals surface area (Å²) in [5.41, 5.74) is 0.937. The van der Waals surface area contributed by atoms with Crippen molar-refractivity contribution in [3.8, 4) is 5.75 Å². The summed E-state index contributed by atoms with van der Waals surface area (Å²) in [7, 11) is 1.32. The number of rotatable bonds is 9. The third kappa shape index (κ3) is 6.28. The zero-order chi connectivity index (χ0) is 17.2. The van der Waals surface area contributed by atoms with Crippen LogP contribution >= 0.6 is 0 Å². The number of carbonyl (C=O) groups excluding carboxylic acids is 2. The Labute approximate surface area is 137 Å². The zero-order valence-electron chi connectivity index (χ0n) is 14.1. The van der Waals surface area contributed by atoms with Crippen LogP contribution in [0.25, 0.3) is 0 Å². The molecule has 0 saturated carbocycles. The van der Waals surface area contributed by atoms with Crippen molar-refractivity contribution >= 4 is 11.9 Å². The highest BCUT2D eigenvalue weighted by Crippen LogP contribution is 2.14. The largest absolute Gasteiger partial charge is 0.494 e. The standard InChI is InChI=1S/C17H25NO5/c1-5-22-14-9-7-13(8-10-14)11-15(17(20)21-4)18-12(3)16(19)23-6-2/h7-10,12,15,18H,5-6,11H2,1-4H3. The molecule has 1 aromatic rings. The third-order valence-corrected chi connectivity index (χ3v) is 3.25. The Hall–Kier alpha value is -2.08. The minimum atomic E-state index is -0.627. The van der Waals surface area contributed by atoms with E-state index < -0.39 is 24.0 Å². The molecule has 0 aliphatic heterocycles. The average Bonchev–Trinajstić information content (AvgIpc) is 2.55. The van der Waals surface area contributed by atoms with Gasteiger partial charge in [-0.15, -0.1) is 0 Å². The smallest absolute Gasteiger partial charge is 0.323 e. The first kappa shape index (κ1) is 19.0. The maximum atomic E-state index is 11.9. The molecule has 0 radical (unpaired) electrons. The van der Waals surface area contributed by atoms with Gasteiger partial charge in [-0.2, -0.15) is 0 Å². The van der Waals surface area contributed by atoms with E-state index in [1.807, 2.05) is 31.2 Å². The van der Waals surface area contributed by atoms with Crippen LogP contribution in [0, 0.1) is 0 Å². The predicted octanol–water partition coefficient (Wildman–Crippen LogP) is 1.71. The number of benzene rings is 1. The number of esters is 2. The van der Waals surface area contributed by atoms with E-state index in [0.717, 1.165) is 11.3 Å². The fourth-order valence-electron chi connectivity index (χ4n) is 2.11. The van der Waals surface area contributed by atoms with Crippen LogP contribution in [0.15, 0.2) is 24.3 Å². The van der Waals surface area contributed by atoms with Gasteiger partial charge in [0.1, 0.15) is 17.8 Å². The molecule has 0 aromatic heterocycles. The highest BCUT2D eigenvalue weighted by atomic mass is 16.5. The Morgan fingerprint density at radius 2 is 1.74 bits per heavy atom. The molecule has 1 N–H and O–H groups in total. The van der Waals surface area contributed by atoms with Crippen LogP contribution < -0.4 is 10.1 Å². The first-order chi connectivity index (χ1) is 11.0. The summed E-state index contributed by atoms with van der Waals surface area (Å²) in [5, 5.41) is 2.96. The van der Waals surface area contributed by atoms with Gasteiger partial charge in [-0.3, -0.25) is 14.9 Å². The fourth-order valence-corrected chi connectivity index (χ4v) is 2.11. The van der Waals surface area contributed by atoms with Gasteiger partial charge in [0.25, 0.3) is 0 Å². The Bertz CT molecular complexity index is 500. The maximum Gasteiger partial charge on any atom is 0.323 e.